The number of allylic oxidation sites excluding steroid dienone is 2. The molecule has 0 saturated carbocycles. The van der Waals surface area contributed by atoms with Crippen molar-refractivity contribution >= 4 is 0 Å². The minimum Gasteiger partial charge on any atom is -0.0823 e. The standard InChI is InChI=1S/C11H22/c1-8(2)10(5)7-11(6)9(3)4/h7-10H,1-6H3/b11-7-. The van der Waals surface area contributed by atoms with Crippen LogP contribution in [0.5, 0.6) is 0 Å². The van der Waals surface area contributed by atoms with E-state index in [4.69, 9.17) is 0 Å². The maximum absolute atomic E-state index is 2.40. The molecule has 1 atom stereocenters. The lowest BCUT2D eigenvalue weighted by Crippen LogP contribution is -2.02. The van der Waals surface area contributed by atoms with Gasteiger partial charge in [-0.3, -0.25) is 0 Å². The van der Waals surface area contributed by atoms with Gasteiger partial charge < -0.3 is 0 Å². The Labute approximate surface area is 71.7 Å². The second kappa shape index (κ2) is 4.58. The van der Waals surface area contributed by atoms with Crippen LogP contribution >= 0.6 is 0 Å². The van der Waals surface area contributed by atoms with E-state index in [0.717, 1.165) is 11.8 Å². The molecule has 11 heavy (non-hydrogen) atoms. The molecule has 0 saturated heterocycles. The number of rotatable bonds is 3. The maximum Gasteiger partial charge on any atom is -0.0236 e. The van der Waals surface area contributed by atoms with E-state index in [9.17, 15) is 0 Å². The molecule has 0 aliphatic heterocycles. The lowest BCUT2D eigenvalue weighted by atomic mass is 9.93. The van der Waals surface area contributed by atoms with Crippen LogP contribution in [0.25, 0.3) is 0 Å². The second-order valence-electron chi connectivity index (χ2n) is 4.17. The molecule has 0 fully saturated rings. The monoisotopic (exact) mass is 154 g/mol. The predicted octanol–water partition coefficient (Wildman–Crippen LogP) is 3.88. The van der Waals surface area contributed by atoms with Gasteiger partial charge in [0.1, 0.15) is 0 Å². The third kappa shape index (κ3) is 4.23. The zero-order valence-electron chi connectivity index (χ0n) is 8.81. The van der Waals surface area contributed by atoms with Crippen molar-refractivity contribution in [2.24, 2.45) is 17.8 Å². The van der Waals surface area contributed by atoms with Crippen LogP contribution in [0, 0.1) is 17.8 Å². The van der Waals surface area contributed by atoms with Gasteiger partial charge in [-0.1, -0.05) is 46.3 Å². The minimum absolute atomic E-state index is 0.705. The maximum atomic E-state index is 2.40. The van der Waals surface area contributed by atoms with Gasteiger partial charge >= 0.3 is 0 Å². The van der Waals surface area contributed by atoms with E-state index >= 15 is 0 Å². The lowest BCUT2D eigenvalue weighted by molar-refractivity contribution is 0.497. The summed E-state index contributed by atoms with van der Waals surface area (Å²) in [5, 5.41) is 0. The Morgan fingerprint density at radius 1 is 1.00 bits per heavy atom. The van der Waals surface area contributed by atoms with Gasteiger partial charge in [-0.15, -0.1) is 0 Å². The average Bonchev–Trinajstić information content (AvgIpc) is 1.87. The summed E-state index contributed by atoms with van der Waals surface area (Å²) in [5.41, 5.74) is 1.52. The quantitative estimate of drug-likeness (QED) is 0.541. The lowest BCUT2D eigenvalue weighted by Gasteiger charge is -2.13. The van der Waals surface area contributed by atoms with Crippen molar-refractivity contribution in [3.63, 3.8) is 0 Å². The molecule has 66 valence electrons. The fourth-order valence-corrected chi connectivity index (χ4v) is 0.800. The van der Waals surface area contributed by atoms with E-state index in [0.29, 0.717) is 5.92 Å². The second-order valence-corrected chi connectivity index (χ2v) is 4.17. The molecule has 0 nitrogen and oxygen atoms in total. The first-order chi connectivity index (χ1) is 4.95. The Balaban J connectivity index is 4.07. The van der Waals surface area contributed by atoms with Crippen molar-refractivity contribution < 1.29 is 0 Å². The van der Waals surface area contributed by atoms with E-state index in [1.807, 2.05) is 0 Å². The van der Waals surface area contributed by atoms with Crippen LogP contribution in [-0.2, 0) is 0 Å². The SMILES string of the molecule is C/C(=C/C(C)C(C)C)C(C)C. The summed E-state index contributed by atoms with van der Waals surface area (Å²) >= 11 is 0. The van der Waals surface area contributed by atoms with Gasteiger partial charge in [0.15, 0.2) is 0 Å². The van der Waals surface area contributed by atoms with E-state index in [1.54, 1.807) is 0 Å². The fourth-order valence-electron chi connectivity index (χ4n) is 0.800. The number of hydrogen-bond acceptors (Lipinski definition) is 0. The van der Waals surface area contributed by atoms with Crippen LogP contribution in [0.3, 0.4) is 0 Å². The molecule has 0 heteroatoms. The summed E-state index contributed by atoms with van der Waals surface area (Å²) < 4.78 is 0. The first-order valence-electron chi connectivity index (χ1n) is 4.63. The van der Waals surface area contributed by atoms with Crippen molar-refractivity contribution in [1.29, 1.82) is 0 Å². The van der Waals surface area contributed by atoms with Gasteiger partial charge in [0.2, 0.25) is 0 Å². The van der Waals surface area contributed by atoms with Crippen LogP contribution in [0.1, 0.15) is 41.5 Å². The number of hydrogen-bond donors (Lipinski definition) is 0. The zero-order valence-corrected chi connectivity index (χ0v) is 8.81. The van der Waals surface area contributed by atoms with Crippen LogP contribution < -0.4 is 0 Å². The van der Waals surface area contributed by atoms with Crippen LogP contribution in [0.15, 0.2) is 11.6 Å². The average molecular weight is 154 g/mol. The van der Waals surface area contributed by atoms with E-state index in [2.05, 4.69) is 47.6 Å². The van der Waals surface area contributed by atoms with Gasteiger partial charge in [0, 0.05) is 0 Å². The Morgan fingerprint density at radius 2 is 1.45 bits per heavy atom. The molecule has 0 aromatic heterocycles. The van der Waals surface area contributed by atoms with Crippen molar-refractivity contribution in [2.75, 3.05) is 0 Å². The molecule has 1 unspecified atom stereocenters. The molecule has 0 aliphatic carbocycles. The molecule has 0 aliphatic rings. The van der Waals surface area contributed by atoms with E-state index in [-0.39, 0.29) is 0 Å². The van der Waals surface area contributed by atoms with Gasteiger partial charge in [-0.05, 0) is 24.7 Å². The molecule has 0 heterocycles. The van der Waals surface area contributed by atoms with Crippen LogP contribution in [0.2, 0.25) is 0 Å². The molecule has 0 N–H and O–H groups in total. The zero-order chi connectivity index (χ0) is 9.02. The Morgan fingerprint density at radius 3 is 1.73 bits per heavy atom. The van der Waals surface area contributed by atoms with Crippen molar-refractivity contribution in [3.8, 4) is 0 Å². The molecular formula is C11H22. The molecule has 0 spiro atoms. The van der Waals surface area contributed by atoms with Gasteiger partial charge in [0.25, 0.3) is 0 Å². The van der Waals surface area contributed by atoms with E-state index < -0.39 is 0 Å². The highest BCUT2D eigenvalue weighted by atomic mass is 14.1. The summed E-state index contributed by atoms with van der Waals surface area (Å²) in [6.07, 6.45) is 2.40. The molecule has 0 aromatic rings. The largest absolute Gasteiger partial charge is 0.0823 e. The summed E-state index contributed by atoms with van der Waals surface area (Å²) in [7, 11) is 0. The molecular weight excluding hydrogens is 132 g/mol. The first kappa shape index (κ1) is 10.7. The smallest absolute Gasteiger partial charge is 0.0236 e. The summed E-state index contributed by atoms with van der Waals surface area (Å²) in [4.78, 5) is 0. The highest BCUT2D eigenvalue weighted by molar-refractivity contribution is 5.03. The predicted molar refractivity (Wildman–Crippen MR) is 52.6 cm³/mol. The molecule has 0 radical (unpaired) electrons. The van der Waals surface area contributed by atoms with Crippen molar-refractivity contribution in [2.45, 2.75) is 41.5 Å². The third-order valence-corrected chi connectivity index (χ3v) is 2.49. The minimum atomic E-state index is 0.705. The summed E-state index contributed by atoms with van der Waals surface area (Å²) in [6, 6.07) is 0. The summed E-state index contributed by atoms with van der Waals surface area (Å²) in [5.74, 6) is 2.19. The molecule has 0 aromatic carbocycles. The Kier molecular flexibility index (Phi) is 4.48. The highest BCUT2D eigenvalue weighted by Gasteiger charge is 2.04. The topological polar surface area (TPSA) is 0 Å². The Hall–Kier alpha value is -0.260. The normalized spacial score (nSPS) is 16.2. The highest BCUT2D eigenvalue weighted by Crippen LogP contribution is 2.17. The summed E-state index contributed by atoms with van der Waals surface area (Å²) in [6.45, 7) is 13.6. The van der Waals surface area contributed by atoms with Crippen LogP contribution in [0.4, 0.5) is 0 Å². The van der Waals surface area contributed by atoms with Gasteiger partial charge in [0.05, 0.1) is 0 Å². The van der Waals surface area contributed by atoms with Gasteiger partial charge in [-0.25, -0.2) is 0 Å². The van der Waals surface area contributed by atoms with Crippen molar-refractivity contribution in [1.82, 2.24) is 0 Å². The molecule has 0 amide bonds. The van der Waals surface area contributed by atoms with Crippen LogP contribution in [-0.4, -0.2) is 0 Å². The van der Waals surface area contributed by atoms with E-state index in [1.165, 1.54) is 5.57 Å². The molecule has 0 bridgehead atoms. The fraction of sp³-hybridized carbons (Fsp3) is 0.818. The van der Waals surface area contributed by atoms with Crippen molar-refractivity contribution in [3.05, 3.63) is 11.6 Å². The third-order valence-electron chi connectivity index (χ3n) is 2.49. The Bertz CT molecular complexity index is 129. The molecule has 0 rings (SSSR count). The van der Waals surface area contributed by atoms with Gasteiger partial charge in [-0.2, -0.15) is 0 Å². The first-order valence-corrected chi connectivity index (χ1v) is 4.63.